The van der Waals surface area contributed by atoms with Gasteiger partial charge in [0.1, 0.15) is 11.9 Å². The van der Waals surface area contributed by atoms with E-state index < -0.39 is 0 Å². The molecular formula is C17H12FN3. The Balaban J connectivity index is 2.18. The van der Waals surface area contributed by atoms with E-state index in [1.54, 1.807) is 18.2 Å². The number of hydrogen-bond acceptors (Lipinski definition) is 2. The van der Waals surface area contributed by atoms with Crippen molar-refractivity contribution >= 4 is 22.7 Å². The lowest BCUT2D eigenvalue weighted by Gasteiger charge is -2.01. The minimum atomic E-state index is -0.357. The van der Waals surface area contributed by atoms with Gasteiger partial charge in [-0.25, -0.2) is 9.37 Å². The molecule has 0 fully saturated rings. The van der Waals surface area contributed by atoms with E-state index in [4.69, 9.17) is 0 Å². The van der Waals surface area contributed by atoms with Crippen LogP contribution in [0.15, 0.2) is 48.5 Å². The van der Waals surface area contributed by atoms with Crippen molar-refractivity contribution in [1.82, 2.24) is 9.55 Å². The summed E-state index contributed by atoms with van der Waals surface area (Å²) in [5.74, 6) is 0.172. The lowest BCUT2D eigenvalue weighted by atomic mass is 10.1. The van der Waals surface area contributed by atoms with Crippen molar-refractivity contribution in [3.8, 4) is 6.07 Å². The van der Waals surface area contributed by atoms with Gasteiger partial charge in [0.2, 0.25) is 0 Å². The normalized spacial score (nSPS) is 11.6. The fourth-order valence-electron chi connectivity index (χ4n) is 2.28. The third-order valence-electron chi connectivity index (χ3n) is 3.35. The van der Waals surface area contributed by atoms with Crippen LogP contribution in [0.4, 0.5) is 4.39 Å². The van der Waals surface area contributed by atoms with Gasteiger partial charge in [-0.05, 0) is 24.3 Å². The minimum absolute atomic E-state index is 0.332. The van der Waals surface area contributed by atoms with Crippen molar-refractivity contribution < 1.29 is 4.39 Å². The summed E-state index contributed by atoms with van der Waals surface area (Å²) in [6, 6.07) is 16.1. The molecule has 0 radical (unpaired) electrons. The number of fused-ring (bicyclic) bond motifs is 1. The van der Waals surface area contributed by atoms with E-state index in [-0.39, 0.29) is 5.82 Å². The predicted molar refractivity (Wildman–Crippen MR) is 80.6 cm³/mol. The highest BCUT2D eigenvalue weighted by molar-refractivity contribution is 5.90. The number of benzene rings is 2. The molecule has 0 spiro atoms. The van der Waals surface area contributed by atoms with Gasteiger partial charge in [0.25, 0.3) is 0 Å². The zero-order valence-electron chi connectivity index (χ0n) is 11.4. The summed E-state index contributed by atoms with van der Waals surface area (Å²) in [5, 5.41) is 9.39. The molecule has 1 heterocycles. The summed E-state index contributed by atoms with van der Waals surface area (Å²) in [4.78, 5) is 4.46. The second kappa shape index (κ2) is 5.22. The van der Waals surface area contributed by atoms with Crippen LogP contribution in [0, 0.1) is 17.1 Å². The van der Waals surface area contributed by atoms with Crippen LogP contribution in [0.2, 0.25) is 0 Å². The zero-order chi connectivity index (χ0) is 14.8. The average Bonchev–Trinajstić information content (AvgIpc) is 2.84. The van der Waals surface area contributed by atoms with Crippen LogP contribution in [-0.4, -0.2) is 9.55 Å². The number of nitrogens with zero attached hydrogens (tertiary/aromatic N) is 3. The lowest BCUT2D eigenvalue weighted by molar-refractivity contribution is 0.625. The summed E-state index contributed by atoms with van der Waals surface area (Å²) in [6.45, 7) is 0. The van der Waals surface area contributed by atoms with Crippen molar-refractivity contribution in [2.75, 3.05) is 0 Å². The molecule has 1 aromatic heterocycles. The molecule has 0 aliphatic rings. The first-order valence-corrected chi connectivity index (χ1v) is 6.49. The van der Waals surface area contributed by atoms with Gasteiger partial charge in [-0.1, -0.05) is 30.3 Å². The first kappa shape index (κ1) is 13.1. The van der Waals surface area contributed by atoms with E-state index in [2.05, 4.69) is 11.1 Å². The van der Waals surface area contributed by atoms with Crippen molar-refractivity contribution in [1.29, 1.82) is 5.26 Å². The van der Waals surface area contributed by atoms with Crippen LogP contribution in [0.5, 0.6) is 0 Å². The van der Waals surface area contributed by atoms with Crippen LogP contribution in [0.1, 0.15) is 11.4 Å². The number of aryl methyl sites for hydroxylation is 1. The van der Waals surface area contributed by atoms with E-state index in [0.29, 0.717) is 17.0 Å². The maximum atomic E-state index is 13.7. The molecular weight excluding hydrogens is 265 g/mol. The van der Waals surface area contributed by atoms with Crippen molar-refractivity contribution in [2.45, 2.75) is 0 Å². The topological polar surface area (TPSA) is 41.6 Å². The molecule has 0 amide bonds. The first-order chi connectivity index (χ1) is 10.2. The summed E-state index contributed by atoms with van der Waals surface area (Å²) in [5.41, 5.74) is 2.45. The van der Waals surface area contributed by atoms with Gasteiger partial charge in [0, 0.05) is 12.6 Å². The van der Waals surface area contributed by atoms with Gasteiger partial charge in [0.05, 0.1) is 16.6 Å². The number of nitriles is 1. The maximum Gasteiger partial charge on any atom is 0.151 e. The Labute approximate surface area is 121 Å². The van der Waals surface area contributed by atoms with Crippen LogP contribution >= 0.6 is 0 Å². The molecule has 21 heavy (non-hydrogen) atoms. The summed E-state index contributed by atoms with van der Waals surface area (Å²) in [7, 11) is 1.84. The molecule has 3 aromatic rings. The molecule has 2 aromatic carbocycles. The van der Waals surface area contributed by atoms with Gasteiger partial charge < -0.3 is 4.57 Å². The molecule has 0 aliphatic heterocycles. The number of aromatic nitrogens is 2. The van der Waals surface area contributed by atoms with Gasteiger partial charge in [0.15, 0.2) is 5.82 Å². The Morgan fingerprint density at radius 2 is 1.90 bits per heavy atom. The summed E-state index contributed by atoms with van der Waals surface area (Å²) in [6.07, 6.45) is 1.52. The van der Waals surface area contributed by atoms with Crippen LogP contribution in [0.3, 0.4) is 0 Å². The maximum absolute atomic E-state index is 13.7. The van der Waals surface area contributed by atoms with E-state index in [1.807, 2.05) is 35.9 Å². The standard InChI is InChI=1S/C17H12FN3/c1-21-16-9-5-4-8-15(16)20-17(21)13(11-19)10-12-6-2-3-7-14(12)18/h2-10H,1H3/b13-10+. The number of imidazole rings is 1. The fourth-order valence-corrected chi connectivity index (χ4v) is 2.28. The average molecular weight is 277 g/mol. The molecule has 0 saturated carbocycles. The second-order valence-electron chi connectivity index (χ2n) is 4.67. The molecule has 0 saturated heterocycles. The Kier molecular flexibility index (Phi) is 3.25. The zero-order valence-corrected chi connectivity index (χ0v) is 11.4. The minimum Gasteiger partial charge on any atom is -0.327 e. The highest BCUT2D eigenvalue weighted by Crippen LogP contribution is 2.22. The van der Waals surface area contributed by atoms with Crippen molar-refractivity contribution in [3.05, 3.63) is 65.7 Å². The van der Waals surface area contributed by atoms with Crippen LogP contribution < -0.4 is 0 Å². The largest absolute Gasteiger partial charge is 0.327 e. The smallest absolute Gasteiger partial charge is 0.151 e. The molecule has 0 unspecified atom stereocenters. The van der Waals surface area contributed by atoms with Gasteiger partial charge in [-0.2, -0.15) is 5.26 Å². The van der Waals surface area contributed by atoms with E-state index in [1.165, 1.54) is 12.1 Å². The quantitative estimate of drug-likeness (QED) is 0.669. The van der Waals surface area contributed by atoms with E-state index >= 15 is 0 Å². The third kappa shape index (κ3) is 2.30. The lowest BCUT2D eigenvalue weighted by Crippen LogP contribution is -1.96. The van der Waals surface area contributed by atoms with Crippen molar-refractivity contribution in [2.24, 2.45) is 7.05 Å². The Morgan fingerprint density at radius 1 is 1.19 bits per heavy atom. The third-order valence-corrected chi connectivity index (χ3v) is 3.35. The molecule has 0 aliphatic carbocycles. The molecule has 3 nitrogen and oxygen atoms in total. The Bertz CT molecular complexity index is 884. The van der Waals surface area contributed by atoms with Crippen LogP contribution in [0.25, 0.3) is 22.7 Å². The molecule has 4 heteroatoms. The Morgan fingerprint density at radius 3 is 2.62 bits per heavy atom. The number of allylic oxidation sites excluding steroid dienone is 1. The fraction of sp³-hybridized carbons (Fsp3) is 0.0588. The molecule has 0 bridgehead atoms. The molecule has 3 rings (SSSR count). The van der Waals surface area contributed by atoms with E-state index in [0.717, 1.165) is 11.0 Å². The summed E-state index contributed by atoms with van der Waals surface area (Å²) >= 11 is 0. The summed E-state index contributed by atoms with van der Waals surface area (Å²) < 4.78 is 15.6. The second-order valence-corrected chi connectivity index (χ2v) is 4.67. The Hall–Kier alpha value is -2.93. The predicted octanol–water partition coefficient (Wildman–Crippen LogP) is 3.78. The number of para-hydroxylation sites is 2. The first-order valence-electron chi connectivity index (χ1n) is 6.49. The molecule has 0 atom stereocenters. The molecule has 102 valence electrons. The monoisotopic (exact) mass is 277 g/mol. The van der Waals surface area contributed by atoms with Crippen LogP contribution in [-0.2, 0) is 7.05 Å². The number of rotatable bonds is 2. The molecule has 0 N–H and O–H groups in total. The highest BCUT2D eigenvalue weighted by atomic mass is 19.1. The van der Waals surface area contributed by atoms with E-state index in [9.17, 15) is 9.65 Å². The van der Waals surface area contributed by atoms with Gasteiger partial charge in [-0.3, -0.25) is 0 Å². The van der Waals surface area contributed by atoms with Crippen molar-refractivity contribution in [3.63, 3.8) is 0 Å². The van der Waals surface area contributed by atoms with Gasteiger partial charge >= 0.3 is 0 Å². The van der Waals surface area contributed by atoms with Gasteiger partial charge in [-0.15, -0.1) is 0 Å². The highest BCUT2D eigenvalue weighted by Gasteiger charge is 2.12. The number of hydrogen-bond donors (Lipinski definition) is 0. The number of halogens is 1. The SMILES string of the molecule is Cn1c(/C(C#N)=C/c2ccccc2F)nc2ccccc21.